The second kappa shape index (κ2) is 8.58. The number of aromatic carboxylic acids is 1. The van der Waals surface area contributed by atoms with E-state index < -0.39 is 10.9 Å². The monoisotopic (exact) mass is 423 g/mol. The maximum atomic E-state index is 11.1. The summed E-state index contributed by atoms with van der Waals surface area (Å²) in [7, 11) is 0. The zero-order valence-electron chi connectivity index (χ0n) is 16.8. The van der Waals surface area contributed by atoms with Crippen LogP contribution in [-0.2, 0) is 6.54 Å². The zero-order valence-corrected chi connectivity index (χ0v) is 16.8. The third-order valence-electron chi connectivity index (χ3n) is 5.16. The minimum Gasteiger partial charge on any atom is -0.478 e. The number of benzene rings is 3. The van der Waals surface area contributed by atoms with E-state index in [1.165, 1.54) is 18.2 Å². The van der Waals surface area contributed by atoms with Crippen LogP contribution < -0.4 is 0 Å². The molecule has 0 radical (unpaired) electrons. The molecule has 3 aromatic carbocycles. The number of nitriles is 1. The lowest BCUT2D eigenvalue weighted by Crippen LogP contribution is -1.98. The van der Waals surface area contributed by atoms with Crippen molar-refractivity contribution < 1.29 is 14.8 Å². The number of hydrogen-bond acceptors (Lipinski definition) is 4. The van der Waals surface area contributed by atoms with Crippen LogP contribution in [0.25, 0.3) is 22.6 Å². The Morgan fingerprint density at radius 3 is 2.47 bits per heavy atom. The summed E-state index contributed by atoms with van der Waals surface area (Å²) in [5.41, 5.74) is 3.76. The van der Waals surface area contributed by atoms with Crippen LogP contribution in [0.2, 0.25) is 0 Å². The van der Waals surface area contributed by atoms with E-state index >= 15 is 0 Å². The second-order valence-electron chi connectivity index (χ2n) is 7.21. The fourth-order valence-corrected chi connectivity index (χ4v) is 3.61. The average molecular weight is 423 g/mol. The number of fused-ring (bicyclic) bond motifs is 1. The number of hydrogen-bond donors (Lipinski definition) is 1. The van der Waals surface area contributed by atoms with E-state index in [1.807, 2.05) is 41.1 Å². The minimum atomic E-state index is -1.02. The number of nitrogens with zero attached hydrogens (tertiary/aromatic N) is 3. The summed E-state index contributed by atoms with van der Waals surface area (Å²) in [6.45, 7) is 0.436. The first-order valence-corrected chi connectivity index (χ1v) is 9.73. The molecule has 156 valence electrons. The number of carboxylic acid groups (broad SMARTS) is 1. The summed E-state index contributed by atoms with van der Waals surface area (Å²) in [6, 6.07) is 22.6. The highest BCUT2D eigenvalue weighted by molar-refractivity contribution is 5.98. The van der Waals surface area contributed by atoms with Crippen molar-refractivity contribution in [3.05, 3.63) is 111 Å². The smallest absolute Gasteiger partial charge is 0.335 e. The van der Waals surface area contributed by atoms with Gasteiger partial charge in [-0.2, -0.15) is 5.26 Å². The number of carboxylic acids is 1. The number of non-ortho nitro benzene ring substituents is 1. The Bertz CT molecular complexity index is 1410. The predicted molar refractivity (Wildman–Crippen MR) is 121 cm³/mol. The number of allylic oxidation sites excluding steroid dienone is 1. The number of nitro groups is 1. The van der Waals surface area contributed by atoms with E-state index in [9.17, 15) is 20.2 Å². The van der Waals surface area contributed by atoms with Crippen molar-refractivity contribution in [1.82, 2.24) is 4.57 Å². The first-order chi connectivity index (χ1) is 15.5. The maximum Gasteiger partial charge on any atom is 0.335 e. The molecule has 1 N–H and O–H groups in total. The minimum absolute atomic E-state index is 0.0376. The highest BCUT2D eigenvalue weighted by Crippen LogP contribution is 2.27. The van der Waals surface area contributed by atoms with Crippen LogP contribution in [0.1, 0.15) is 27.0 Å². The van der Waals surface area contributed by atoms with Crippen LogP contribution in [0.15, 0.2) is 79.0 Å². The average Bonchev–Trinajstić information content (AvgIpc) is 3.15. The lowest BCUT2D eigenvalue weighted by molar-refractivity contribution is -0.384. The molecular formula is C25H17N3O4. The quantitative estimate of drug-likeness (QED) is 0.255. The summed E-state index contributed by atoms with van der Waals surface area (Å²) < 4.78 is 1.99. The van der Waals surface area contributed by atoms with E-state index in [2.05, 4.69) is 6.07 Å². The molecule has 0 aliphatic carbocycles. The Balaban J connectivity index is 1.75. The van der Waals surface area contributed by atoms with Crippen LogP contribution in [-0.4, -0.2) is 20.6 Å². The van der Waals surface area contributed by atoms with Gasteiger partial charge in [0.1, 0.15) is 0 Å². The summed E-state index contributed by atoms with van der Waals surface area (Å²) in [4.78, 5) is 21.8. The van der Waals surface area contributed by atoms with Crippen LogP contribution in [0.5, 0.6) is 0 Å². The molecule has 0 fully saturated rings. The molecule has 0 saturated heterocycles. The molecule has 0 aliphatic rings. The summed E-state index contributed by atoms with van der Waals surface area (Å²) >= 11 is 0. The number of nitro benzene ring substituents is 1. The molecule has 0 atom stereocenters. The standard InChI is InChI=1S/C25H17N3O4/c26-14-20(18-8-10-19(11-9-18)25(29)30)13-21-16-27(24-7-2-1-6-23(21)24)15-17-4-3-5-22(12-17)28(31)32/h1-13,16H,15H2,(H,29,30)/b20-13-. The Hall–Kier alpha value is -4.70. The molecule has 1 aromatic heterocycles. The molecular weight excluding hydrogens is 406 g/mol. The lowest BCUT2D eigenvalue weighted by Gasteiger charge is -2.05. The molecule has 4 rings (SSSR count). The van der Waals surface area contributed by atoms with Crippen LogP contribution in [0.4, 0.5) is 5.69 Å². The third-order valence-corrected chi connectivity index (χ3v) is 5.16. The van der Waals surface area contributed by atoms with Gasteiger partial charge in [0.25, 0.3) is 5.69 Å². The van der Waals surface area contributed by atoms with Crippen molar-refractivity contribution in [2.24, 2.45) is 0 Å². The molecule has 7 heteroatoms. The fraction of sp³-hybridized carbons (Fsp3) is 0.0400. The van der Waals surface area contributed by atoms with Gasteiger partial charge in [-0.15, -0.1) is 0 Å². The van der Waals surface area contributed by atoms with Crippen molar-refractivity contribution in [2.75, 3.05) is 0 Å². The van der Waals surface area contributed by atoms with Gasteiger partial charge in [0.15, 0.2) is 0 Å². The van der Waals surface area contributed by atoms with E-state index in [0.717, 1.165) is 22.0 Å². The predicted octanol–water partition coefficient (Wildman–Crippen LogP) is 5.36. The molecule has 0 amide bonds. The Morgan fingerprint density at radius 1 is 1.06 bits per heavy atom. The van der Waals surface area contributed by atoms with Crippen molar-refractivity contribution >= 4 is 34.2 Å². The van der Waals surface area contributed by atoms with Gasteiger partial charge in [-0.05, 0) is 35.4 Å². The van der Waals surface area contributed by atoms with Gasteiger partial charge in [-0.25, -0.2) is 4.79 Å². The molecule has 0 bridgehead atoms. The van der Waals surface area contributed by atoms with Crippen LogP contribution >= 0.6 is 0 Å². The highest BCUT2D eigenvalue weighted by atomic mass is 16.6. The van der Waals surface area contributed by atoms with Gasteiger partial charge in [0.2, 0.25) is 0 Å². The van der Waals surface area contributed by atoms with Gasteiger partial charge >= 0.3 is 5.97 Å². The Morgan fingerprint density at radius 2 is 1.78 bits per heavy atom. The topological polar surface area (TPSA) is 109 Å². The van der Waals surface area contributed by atoms with Crippen molar-refractivity contribution in [3.63, 3.8) is 0 Å². The molecule has 4 aromatic rings. The third kappa shape index (κ3) is 4.11. The first kappa shape index (κ1) is 20.6. The summed E-state index contributed by atoms with van der Waals surface area (Å²) in [5.74, 6) is -1.02. The highest BCUT2D eigenvalue weighted by Gasteiger charge is 2.12. The van der Waals surface area contributed by atoms with Crippen molar-refractivity contribution in [3.8, 4) is 6.07 Å². The molecule has 32 heavy (non-hydrogen) atoms. The molecule has 7 nitrogen and oxygen atoms in total. The number of para-hydroxylation sites is 1. The number of rotatable bonds is 6. The largest absolute Gasteiger partial charge is 0.478 e. The molecule has 1 heterocycles. The van der Waals surface area contributed by atoms with Gasteiger partial charge in [-0.1, -0.05) is 42.5 Å². The molecule has 0 unspecified atom stereocenters. The molecule has 0 saturated carbocycles. The van der Waals surface area contributed by atoms with E-state index in [1.54, 1.807) is 30.3 Å². The van der Waals surface area contributed by atoms with E-state index in [4.69, 9.17) is 5.11 Å². The summed E-state index contributed by atoms with van der Waals surface area (Å²) in [6.07, 6.45) is 3.68. The van der Waals surface area contributed by atoms with E-state index in [-0.39, 0.29) is 11.3 Å². The summed E-state index contributed by atoms with van der Waals surface area (Å²) in [5, 5.41) is 30.8. The fourth-order valence-electron chi connectivity index (χ4n) is 3.61. The van der Waals surface area contributed by atoms with Gasteiger partial charge < -0.3 is 9.67 Å². The van der Waals surface area contributed by atoms with Crippen molar-refractivity contribution in [1.29, 1.82) is 5.26 Å². The Labute approximate surface area is 183 Å². The number of carbonyl (C=O) groups is 1. The van der Waals surface area contributed by atoms with E-state index in [0.29, 0.717) is 17.7 Å². The Kier molecular flexibility index (Phi) is 5.51. The second-order valence-corrected chi connectivity index (χ2v) is 7.21. The van der Waals surface area contributed by atoms with Gasteiger partial charge in [0.05, 0.1) is 22.1 Å². The first-order valence-electron chi connectivity index (χ1n) is 9.73. The van der Waals surface area contributed by atoms with Gasteiger partial charge in [-0.3, -0.25) is 10.1 Å². The van der Waals surface area contributed by atoms with Crippen LogP contribution in [0, 0.1) is 21.4 Å². The number of aromatic nitrogens is 1. The van der Waals surface area contributed by atoms with Gasteiger partial charge in [0, 0.05) is 41.3 Å². The molecule has 0 spiro atoms. The normalized spacial score (nSPS) is 11.3. The lowest BCUT2D eigenvalue weighted by atomic mass is 10.0. The SMILES string of the molecule is N#C/C(=C/c1cn(Cc2cccc([N+](=O)[O-])c2)c2ccccc12)c1ccc(C(=O)O)cc1. The zero-order chi connectivity index (χ0) is 22.7. The molecule has 0 aliphatic heterocycles. The maximum absolute atomic E-state index is 11.1. The van der Waals surface area contributed by atoms with Crippen molar-refractivity contribution in [2.45, 2.75) is 6.54 Å². The van der Waals surface area contributed by atoms with Crippen LogP contribution in [0.3, 0.4) is 0 Å².